The molecular weight excluding hydrogens is 250 g/mol. The molecule has 1 N–H and O–H groups in total. The Hall–Kier alpha value is -1.69. The Morgan fingerprint density at radius 1 is 1.22 bits per heavy atom. The van der Waals surface area contributed by atoms with Crippen LogP contribution in [0.4, 0.5) is 5.13 Å². The monoisotopic (exact) mass is 265 g/mol. The highest BCUT2D eigenvalue weighted by Crippen LogP contribution is 2.21. The fourth-order valence-corrected chi connectivity index (χ4v) is 2.40. The number of hydrogen-bond acceptors (Lipinski definition) is 5. The van der Waals surface area contributed by atoms with Crippen LogP contribution in [0.3, 0.4) is 0 Å². The van der Waals surface area contributed by atoms with E-state index < -0.39 is 0 Å². The Morgan fingerprint density at radius 2 is 1.94 bits per heavy atom. The maximum atomic E-state index is 11.8. The summed E-state index contributed by atoms with van der Waals surface area (Å²) in [7, 11) is 0. The average Bonchev–Trinajstić information content (AvgIpc) is 2.71. The largest absolute Gasteiger partial charge is 0.445 e. The summed E-state index contributed by atoms with van der Waals surface area (Å²) in [6, 6.07) is 0. The molecule has 5 nitrogen and oxygen atoms in total. The highest BCUT2D eigenvalue weighted by molar-refractivity contribution is 7.15. The molecule has 0 spiro atoms. The lowest BCUT2D eigenvalue weighted by molar-refractivity contribution is -0.115. The first-order chi connectivity index (χ1) is 8.45. The van der Waals surface area contributed by atoms with Crippen molar-refractivity contribution in [1.82, 2.24) is 9.97 Å². The molecule has 0 bridgehead atoms. The fourth-order valence-electron chi connectivity index (χ4n) is 1.57. The molecule has 2 heterocycles. The second kappa shape index (κ2) is 4.89. The zero-order valence-corrected chi connectivity index (χ0v) is 11.6. The molecule has 96 valence electrons. The van der Waals surface area contributed by atoms with Crippen molar-refractivity contribution in [3.05, 3.63) is 27.9 Å². The summed E-state index contributed by atoms with van der Waals surface area (Å²) < 4.78 is 5.36. The number of carbonyl (C=O) groups excluding carboxylic acids is 1. The van der Waals surface area contributed by atoms with Crippen molar-refractivity contribution in [3.63, 3.8) is 0 Å². The van der Waals surface area contributed by atoms with Crippen molar-refractivity contribution in [2.24, 2.45) is 0 Å². The highest BCUT2D eigenvalue weighted by atomic mass is 32.1. The summed E-state index contributed by atoms with van der Waals surface area (Å²) in [5.74, 6) is 1.05. The molecule has 2 aromatic heterocycles. The van der Waals surface area contributed by atoms with Crippen LogP contribution in [0, 0.1) is 27.7 Å². The summed E-state index contributed by atoms with van der Waals surface area (Å²) in [4.78, 5) is 21.3. The number of amides is 1. The summed E-state index contributed by atoms with van der Waals surface area (Å²) in [6.07, 6.45) is 0.185. The van der Waals surface area contributed by atoms with Crippen LogP contribution in [0.25, 0.3) is 0 Å². The number of hydrogen-bond donors (Lipinski definition) is 1. The molecule has 0 aliphatic carbocycles. The average molecular weight is 265 g/mol. The van der Waals surface area contributed by atoms with Gasteiger partial charge in [0.05, 0.1) is 17.8 Å². The summed E-state index contributed by atoms with van der Waals surface area (Å²) in [6.45, 7) is 7.50. The molecule has 0 unspecified atom stereocenters. The molecule has 0 aliphatic rings. The van der Waals surface area contributed by atoms with E-state index in [0.717, 1.165) is 16.3 Å². The van der Waals surface area contributed by atoms with Gasteiger partial charge < -0.3 is 9.73 Å². The predicted molar refractivity (Wildman–Crippen MR) is 69.9 cm³/mol. The van der Waals surface area contributed by atoms with E-state index in [9.17, 15) is 4.79 Å². The van der Waals surface area contributed by atoms with Gasteiger partial charge in [-0.25, -0.2) is 9.97 Å². The Bertz CT molecular complexity index is 567. The lowest BCUT2D eigenvalue weighted by Crippen LogP contribution is -2.14. The van der Waals surface area contributed by atoms with Gasteiger partial charge in [0, 0.05) is 11.8 Å². The third-order valence-electron chi connectivity index (χ3n) is 2.60. The molecule has 0 aliphatic heterocycles. The van der Waals surface area contributed by atoms with Gasteiger partial charge in [0.1, 0.15) is 5.76 Å². The van der Waals surface area contributed by atoms with E-state index in [1.165, 1.54) is 11.3 Å². The van der Waals surface area contributed by atoms with Gasteiger partial charge in [-0.3, -0.25) is 4.79 Å². The van der Waals surface area contributed by atoms with Crippen molar-refractivity contribution in [3.8, 4) is 0 Å². The first-order valence-corrected chi connectivity index (χ1v) is 6.44. The van der Waals surface area contributed by atoms with E-state index >= 15 is 0 Å². The standard InChI is InChI=1S/C12H15N3O2S/c1-6-8(3)18-12(14-6)15-11(16)5-10-7(2)13-9(4)17-10/h5H2,1-4H3,(H,14,15,16). The number of rotatable bonds is 3. The predicted octanol–water partition coefficient (Wildman–Crippen LogP) is 2.55. The van der Waals surface area contributed by atoms with Gasteiger partial charge >= 0.3 is 0 Å². The quantitative estimate of drug-likeness (QED) is 0.926. The number of nitrogens with zero attached hydrogens (tertiary/aromatic N) is 2. The van der Waals surface area contributed by atoms with Gasteiger partial charge in [-0.15, -0.1) is 11.3 Å². The summed E-state index contributed by atoms with van der Waals surface area (Å²) in [5.41, 5.74) is 1.70. The van der Waals surface area contributed by atoms with Crippen LogP contribution in [-0.2, 0) is 11.2 Å². The summed E-state index contributed by atoms with van der Waals surface area (Å²) in [5, 5.41) is 3.40. The number of nitrogens with one attached hydrogen (secondary N) is 1. The van der Waals surface area contributed by atoms with Crippen LogP contribution in [0.5, 0.6) is 0 Å². The maximum Gasteiger partial charge on any atom is 0.233 e. The highest BCUT2D eigenvalue weighted by Gasteiger charge is 2.13. The van der Waals surface area contributed by atoms with E-state index in [2.05, 4.69) is 15.3 Å². The molecular formula is C12H15N3O2S. The molecule has 0 atom stereocenters. The van der Waals surface area contributed by atoms with Gasteiger partial charge in [0.2, 0.25) is 5.91 Å². The smallest absolute Gasteiger partial charge is 0.233 e. The second-order valence-corrected chi connectivity index (χ2v) is 5.33. The zero-order valence-electron chi connectivity index (χ0n) is 10.8. The number of oxazole rings is 1. The first-order valence-electron chi connectivity index (χ1n) is 5.62. The maximum absolute atomic E-state index is 11.8. The van der Waals surface area contributed by atoms with Gasteiger partial charge in [-0.2, -0.15) is 0 Å². The lowest BCUT2D eigenvalue weighted by atomic mass is 10.3. The van der Waals surface area contributed by atoms with Crippen LogP contribution < -0.4 is 5.32 Å². The number of aromatic nitrogens is 2. The molecule has 2 rings (SSSR count). The van der Waals surface area contributed by atoms with Crippen LogP contribution >= 0.6 is 11.3 Å². The van der Waals surface area contributed by atoms with Crippen LogP contribution in [0.2, 0.25) is 0 Å². The minimum absolute atomic E-state index is 0.136. The van der Waals surface area contributed by atoms with Crippen molar-refractivity contribution in [2.75, 3.05) is 5.32 Å². The second-order valence-electron chi connectivity index (χ2n) is 4.13. The van der Waals surface area contributed by atoms with Crippen LogP contribution in [0.1, 0.15) is 27.9 Å². The third-order valence-corrected chi connectivity index (χ3v) is 3.58. The molecule has 2 aromatic rings. The molecule has 0 saturated heterocycles. The van der Waals surface area contributed by atoms with E-state index in [4.69, 9.17) is 4.42 Å². The molecule has 0 saturated carbocycles. The molecule has 0 aromatic carbocycles. The van der Waals surface area contributed by atoms with Gasteiger partial charge in [-0.1, -0.05) is 0 Å². The van der Waals surface area contributed by atoms with E-state index in [1.807, 2.05) is 20.8 Å². The Kier molecular flexibility index (Phi) is 3.47. The number of thiazole rings is 1. The number of carbonyl (C=O) groups is 1. The third kappa shape index (κ3) is 2.76. The molecule has 6 heteroatoms. The minimum atomic E-state index is -0.136. The Morgan fingerprint density at radius 3 is 2.44 bits per heavy atom. The molecule has 0 fully saturated rings. The van der Waals surface area contributed by atoms with Crippen LogP contribution in [0.15, 0.2) is 4.42 Å². The van der Waals surface area contributed by atoms with Crippen LogP contribution in [-0.4, -0.2) is 15.9 Å². The van der Waals surface area contributed by atoms with E-state index in [-0.39, 0.29) is 12.3 Å². The van der Waals surface area contributed by atoms with Crippen molar-refractivity contribution in [1.29, 1.82) is 0 Å². The number of anilines is 1. The topological polar surface area (TPSA) is 68.0 Å². The first kappa shape index (κ1) is 12.8. The Labute approximate surface area is 109 Å². The molecule has 0 radical (unpaired) electrons. The van der Waals surface area contributed by atoms with Crippen molar-refractivity contribution in [2.45, 2.75) is 34.1 Å². The number of aryl methyl sites for hydroxylation is 4. The van der Waals surface area contributed by atoms with Gasteiger partial charge in [0.15, 0.2) is 11.0 Å². The zero-order chi connectivity index (χ0) is 13.3. The molecule has 1 amide bonds. The Balaban J connectivity index is 2.03. The minimum Gasteiger partial charge on any atom is -0.445 e. The normalized spacial score (nSPS) is 10.7. The van der Waals surface area contributed by atoms with Crippen molar-refractivity contribution < 1.29 is 9.21 Å². The van der Waals surface area contributed by atoms with Gasteiger partial charge in [-0.05, 0) is 20.8 Å². The SMILES string of the molecule is Cc1nc(C)c(CC(=O)Nc2nc(C)c(C)s2)o1. The van der Waals surface area contributed by atoms with Crippen molar-refractivity contribution >= 4 is 22.4 Å². The fraction of sp³-hybridized carbons (Fsp3) is 0.417. The molecule has 18 heavy (non-hydrogen) atoms. The van der Waals surface area contributed by atoms with Gasteiger partial charge in [0.25, 0.3) is 0 Å². The summed E-state index contributed by atoms with van der Waals surface area (Å²) >= 11 is 1.47. The van der Waals surface area contributed by atoms with E-state index in [1.54, 1.807) is 6.92 Å². The van der Waals surface area contributed by atoms with E-state index in [0.29, 0.717) is 16.8 Å². The lowest BCUT2D eigenvalue weighted by Gasteiger charge is -1.99.